The Morgan fingerprint density at radius 2 is 2.00 bits per heavy atom. The summed E-state index contributed by atoms with van der Waals surface area (Å²) in [7, 11) is 0. The molecule has 0 spiro atoms. The van der Waals surface area contributed by atoms with Crippen molar-refractivity contribution in [3.05, 3.63) is 56.8 Å². The van der Waals surface area contributed by atoms with Crippen LogP contribution in [0.5, 0.6) is 5.75 Å². The van der Waals surface area contributed by atoms with E-state index in [1.54, 1.807) is 11.3 Å². The topological polar surface area (TPSA) is 78.7 Å². The van der Waals surface area contributed by atoms with Crippen molar-refractivity contribution in [1.82, 2.24) is 0 Å². The minimum Gasteiger partial charge on any atom is -0.434 e. The fourth-order valence-corrected chi connectivity index (χ4v) is 2.15. The molecule has 2 rings (SSSR count). The number of hydrogen-bond donors (Lipinski definition) is 0. The zero-order chi connectivity index (χ0) is 14.4. The van der Waals surface area contributed by atoms with Gasteiger partial charge in [0.2, 0.25) is 0 Å². The lowest BCUT2D eigenvalue weighted by atomic mass is 10.3. The molecule has 104 valence electrons. The van der Waals surface area contributed by atoms with E-state index in [0.29, 0.717) is 6.42 Å². The maximum Gasteiger partial charge on any atom is 0.513 e. The Balaban J connectivity index is 1.77. The van der Waals surface area contributed by atoms with Crippen LogP contribution in [-0.4, -0.2) is 17.7 Å². The third-order valence-electron chi connectivity index (χ3n) is 2.44. The number of carbonyl (C=O) groups excluding carboxylic acids is 1. The summed E-state index contributed by atoms with van der Waals surface area (Å²) in [6.45, 7) is 0.225. The molecule has 0 saturated heterocycles. The van der Waals surface area contributed by atoms with Crippen LogP contribution in [0, 0.1) is 10.1 Å². The summed E-state index contributed by atoms with van der Waals surface area (Å²) in [4.78, 5) is 21.3. The van der Waals surface area contributed by atoms with Crippen LogP contribution in [-0.2, 0) is 11.2 Å². The molecule has 20 heavy (non-hydrogen) atoms. The van der Waals surface area contributed by atoms with Crippen molar-refractivity contribution >= 4 is 23.2 Å². The number of nitrogens with zero attached hydrogens (tertiary/aromatic N) is 1. The van der Waals surface area contributed by atoms with Crippen molar-refractivity contribution in [1.29, 1.82) is 0 Å². The average Bonchev–Trinajstić information content (AvgIpc) is 2.92. The molecule has 0 aliphatic heterocycles. The molecule has 1 aromatic carbocycles. The van der Waals surface area contributed by atoms with Gasteiger partial charge in [0.1, 0.15) is 5.75 Å². The number of ether oxygens (including phenoxy) is 2. The fourth-order valence-electron chi connectivity index (χ4n) is 1.45. The highest BCUT2D eigenvalue weighted by Gasteiger charge is 2.09. The first kappa shape index (κ1) is 14.0. The molecule has 0 unspecified atom stereocenters. The number of benzene rings is 1. The standard InChI is InChI=1S/C13H11NO5S/c15-13(18-7-5-10-6-8-20-9-10)19-12-3-1-11(2-4-12)14(16)17/h1-4,6,8-9H,5,7H2. The minimum absolute atomic E-state index is 0.0665. The molecule has 0 radical (unpaired) electrons. The zero-order valence-corrected chi connectivity index (χ0v) is 11.2. The summed E-state index contributed by atoms with van der Waals surface area (Å²) in [5.41, 5.74) is 1.03. The molecular formula is C13H11NO5S. The average molecular weight is 293 g/mol. The van der Waals surface area contributed by atoms with Crippen LogP contribution >= 0.6 is 11.3 Å². The summed E-state index contributed by atoms with van der Waals surface area (Å²) in [5, 5.41) is 14.4. The van der Waals surface area contributed by atoms with E-state index in [-0.39, 0.29) is 18.0 Å². The molecular weight excluding hydrogens is 282 g/mol. The van der Waals surface area contributed by atoms with E-state index in [4.69, 9.17) is 9.47 Å². The quantitative estimate of drug-likeness (QED) is 0.365. The largest absolute Gasteiger partial charge is 0.513 e. The summed E-state index contributed by atoms with van der Waals surface area (Å²) >= 11 is 1.58. The first-order valence-corrected chi connectivity index (χ1v) is 6.69. The number of carbonyl (C=O) groups is 1. The molecule has 1 aromatic heterocycles. The van der Waals surface area contributed by atoms with Gasteiger partial charge in [0.15, 0.2) is 0 Å². The Hall–Kier alpha value is -2.41. The predicted octanol–water partition coefficient (Wildman–Crippen LogP) is 3.41. The van der Waals surface area contributed by atoms with Gasteiger partial charge in [-0.15, -0.1) is 0 Å². The van der Waals surface area contributed by atoms with Gasteiger partial charge in [-0.2, -0.15) is 11.3 Å². The lowest BCUT2D eigenvalue weighted by Gasteiger charge is -2.05. The van der Waals surface area contributed by atoms with E-state index < -0.39 is 11.1 Å². The second-order valence-electron chi connectivity index (χ2n) is 3.83. The van der Waals surface area contributed by atoms with Crippen molar-refractivity contribution in [2.45, 2.75) is 6.42 Å². The Morgan fingerprint density at radius 3 is 2.60 bits per heavy atom. The first-order valence-electron chi connectivity index (χ1n) is 5.75. The lowest BCUT2D eigenvalue weighted by molar-refractivity contribution is -0.384. The summed E-state index contributed by atoms with van der Waals surface area (Å²) in [6.07, 6.45) is -0.201. The number of nitro groups is 1. The van der Waals surface area contributed by atoms with E-state index in [1.807, 2.05) is 16.8 Å². The molecule has 0 N–H and O–H groups in total. The molecule has 0 saturated carbocycles. The van der Waals surface area contributed by atoms with Crippen molar-refractivity contribution in [2.24, 2.45) is 0 Å². The molecule has 0 atom stereocenters. The Kier molecular flexibility index (Phi) is 4.67. The highest BCUT2D eigenvalue weighted by atomic mass is 32.1. The molecule has 2 aromatic rings. The lowest BCUT2D eigenvalue weighted by Crippen LogP contribution is -2.12. The highest BCUT2D eigenvalue weighted by Crippen LogP contribution is 2.17. The molecule has 0 aliphatic rings. The van der Waals surface area contributed by atoms with Gasteiger partial charge in [-0.25, -0.2) is 4.79 Å². The number of nitro benzene ring substituents is 1. The van der Waals surface area contributed by atoms with E-state index in [9.17, 15) is 14.9 Å². The SMILES string of the molecule is O=C(OCCc1ccsc1)Oc1ccc([N+](=O)[O-])cc1. The van der Waals surface area contributed by atoms with E-state index >= 15 is 0 Å². The third-order valence-corrected chi connectivity index (χ3v) is 3.17. The molecule has 1 heterocycles. The van der Waals surface area contributed by atoms with E-state index in [1.165, 1.54) is 24.3 Å². The maximum atomic E-state index is 11.4. The van der Waals surface area contributed by atoms with Crippen LogP contribution in [0.1, 0.15) is 5.56 Å². The molecule has 0 bridgehead atoms. The van der Waals surface area contributed by atoms with Gasteiger partial charge in [0, 0.05) is 18.6 Å². The fraction of sp³-hybridized carbons (Fsp3) is 0.154. The van der Waals surface area contributed by atoms with Crippen LogP contribution < -0.4 is 4.74 Å². The normalized spacial score (nSPS) is 10.0. The highest BCUT2D eigenvalue weighted by molar-refractivity contribution is 7.07. The van der Waals surface area contributed by atoms with E-state index in [2.05, 4.69) is 0 Å². The van der Waals surface area contributed by atoms with Crippen molar-refractivity contribution < 1.29 is 19.2 Å². The second kappa shape index (κ2) is 6.67. The van der Waals surface area contributed by atoms with Gasteiger partial charge in [-0.3, -0.25) is 10.1 Å². The predicted molar refractivity (Wildman–Crippen MR) is 73.1 cm³/mol. The van der Waals surface area contributed by atoms with E-state index in [0.717, 1.165) is 5.56 Å². The molecule has 6 nitrogen and oxygen atoms in total. The van der Waals surface area contributed by atoms with Crippen LogP contribution in [0.4, 0.5) is 10.5 Å². The third kappa shape index (κ3) is 4.06. The number of hydrogen-bond acceptors (Lipinski definition) is 6. The van der Waals surface area contributed by atoms with Gasteiger partial charge >= 0.3 is 6.16 Å². The monoisotopic (exact) mass is 293 g/mol. The second-order valence-corrected chi connectivity index (χ2v) is 4.61. The van der Waals surface area contributed by atoms with Crippen molar-refractivity contribution in [3.8, 4) is 5.75 Å². The van der Waals surface area contributed by atoms with Crippen LogP contribution in [0.25, 0.3) is 0 Å². The summed E-state index contributed by atoms with van der Waals surface area (Å²) in [5.74, 6) is 0.205. The number of non-ortho nitro benzene ring substituents is 1. The van der Waals surface area contributed by atoms with Crippen molar-refractivity contribution in [3.63, 3.8) is 0 Å². The smallest absolute Gasteiger partial charge is 0.434 e. The Bertz CT molecular complexity index is 579. The molecule has 0 aliphatic carbocycles. The van der Waals surface area contributed by atoms with Gasteiger partial charge in [-0.1, -0.05) is 0 Å². The minimum atomic E-state index is -0.825. The van der Waals surface area contributed by atoms with Gasteiger partial charge in [0.25, 0.3) is 5.69 Å². The van der Waals surface area contributed by atoms with Crippen LogP contribution in [0.3, 0.4) is 0 Å². The van der Waals surface area contributed by atoms with Crippen LogP contribution in [0.15, 0.2) is 41.1 Å². The Morgan fingerprint density at radius 1 is 1.25 bits per heavy atom. The van der Waals surface area contributed by atoms with Crippen molar-refractivity contribution in [2.75, 3.05) is 6.61 Å². The van der Waals surface area contributed by atoms with Gasteiger partial charge in [0.05, 0.1) is 11.5 Å². The first-order chi connectivity index (χ1) is 9.65. The summed E-state index contributed by atoms with van der Waals surface area (Å²) < 4.78 is 9.79. The van der Waals surface area contributed by atoms with Gasteiger partial charge in [-0.05, 0) is 34.5 Å². The molecule has 7 heteroatoms. The number of rotatable bonds is 5. The zero-order valence-electron chi connectivity index (χ0n) is 10.4. The van der Waals surface area contributed by atoms with Gasteiger partial charge < -0.3 is 9.47 Å². The molecule has 0 amide bonds. The maximum absolute atomic E-state index is 11.4. The Labute approximate surface area is 118 Å². The molecule has 0 fully saturated rings. The summed E-state index contributed by atoms with van der Waals surface area (Å²) in [6, 6.07) is 7.16. The van der Waals surface area contributed by atoms with Crippen LogP contribution in [0.2, 0.25) is 0 Å². The number of thiophene rings is 1.